The molecule has 8 nitrogen and oxygen atoms in total. The Balaban J connectivity index is 1.48. The van der Waals surface area contributed by atoms with Crippen molar-refractivity contribution in [3.63, 3.8) is 0 Å². The number of nitrogens with one attached hydrogen (secondary N) is 2. The number of hydrogen-bond donors (Lipinski definition) is 2. The SMILES string of the molecule is CCS(=O)(=O)Nc1ccc(NC(=O)CCc2c(C)nc3c4ccccc4nn3c2C)cc1C. The minimum Gasteiger partial charge on any atom is -0.326 e. The lowest BCUT2D eigenvalue weighted by molar-refractivity contribution is -0.116. The van der Waals surface area contributed by atoms with Gasteiger partial charge in [-0.05, 0) is 75.6 Å². The van der Waals surface area contributed by atoms with Crippen LogP contribution in [-0.2, 0) is 21.2 Å². The van der Waals surface area contributed by atoms with E-state index in [0.717, 1.165) is 39.1 Å². The maximum absolute atomic E-state index is 12.6. The summed E-state index contributed by atoms with van der Waals surface area (Å²) in [5, 5.41) is 8.57. The Morgan fingerprint density at radius 3 is 2.58 bits per heavy atom. The molecule has 0 bridgehead atoms. The maximum atomic E-state index is 12.6. The van der Waals surface area contributed by atoms with Crippen LogP contribution in [0.15, 0.2) is 42.5 Å². The number of anilines is 2. The topological polar surface area (TPSA) is 105 Å². The van der Waals surface area contributed by atoms with Gasteiger partial charge < -0.3 is 5.32 Å². The van der Waals surface area contributed by atoms with E-state index in [4.69, 9.17) is 4.98 Å². The van der Waals surface area contributed by atoms with Crippen LogP contribution in [0.4, 0.5) is 11.4 Å². The molecular weight excluding hydrogens is 438 g/mol. The van der Waals surface area contributed by atoms with Crippen molar-refractivity contribution >= 4 is 43.9 Å². The molecule has 2 aromatic heterocycles. The van der Waals surface area contributed by atoms with Crippen LogP contribution >= 0.6 is 0 Å². The van der Waals surface area contributed by atoms with Crippen LogP contribution in [0.2, 0.25) is 0 Å². The number of hydrogen-bond acceptors (Lipinski definition) is 5. The number of carbonyl (C=O) groups is 1. The van der Waals surface area contributed by atoms with Crippen LogP contribution in [-0.4, -0.2) is 34.7 Å². The highest BCUT2D eigenvalue weighted by molar-refractivity contribution is 7.92. The Hall–Kier alpha value is -3.46. The molecule has 4 aromatic rings. The predicted molar refractivity (Wildman–Crippen MR) is 131 cm³/mol. The summed E-state index contributed by atoms with van der Waals surface area (Å²) in [6, 6.07) is 13.0. The molecule has 0 radical (unpaired) electrons. The maximum Gasteiger partial charge on any atom is 0.232 e. The number of fused-ring (bicyclic) bond motifs is 3. The van der Waals surface area contributed by atoms with Gasteiger partial charge in [-0.25, -0.2) is 17.9 Å². The van der Waals surface area contributed by atoms with Gasteiger partial charge in [0.1, 0.15) is 0 Å². The molecule has 1 amide bonds. The summed E-state index contributed by atoms with van der Waals surface area (Å²) >= 11 is 0. The van der Waals surface area contributed by atoms with Crippen LogP contribution < -0.4 is 10.0 Å². The van der Waals surface area contributed by atoms with Crippen molar-refractivity contribution in [1.29, 1.82) is 0 Å². The fraction of sp³-hybridized carbons (Fsp3) is 0.292. The highest BCUT2D eigenvalue weighted by Gasteiger charge is 2.15. The van der Waals surface area contributed by atoms with E-state index in [2.05, 4.69) is 15.1 Å². The summed E-state index contributed by atoms with van der Waals surface area (Å²) in [5.74, 6) is -0.125. The average molecular weight is 466 g/mol. The Bertz CT molecular complexity index is 1470. The third kappa shape index (κ3) is 4.68. The smallest absolute Gasteiger partial charge is 0.232 e. The number of benzene rings is 2. The zero-order valence-electron chi connectivity index (χ0n) is 19.1. The monoisotopic (exact) mass is 465 g/mol. The first-order valence-corrected chi connectivity index (χ1v) is 12.5. The molecule has 33 heavy (non-hydrogen) atoms. The highest BCUT2D eigenvalue weighted by atomic mass is 32.2. The third-order valence-electron chi connectivity index (χ3n) is 5.78. The number of amides is 1. The summed E-state index contributed by atoms with van der Waals surface area (Å²) in [4.78, 5) is 17.4. The molecule has 0 aliphatic heterocycles. The fourth-order valence-electron chi connectivity index (χ4n) is 3.90. The molecule has 0 spiro atoms. The molecule has 0 aliphatic carbocycles. The van der Waals surface area contributed by atoms with E-state index in [1.807, 2.05) is 42.6 Å². The molecule has 0 saturated heterocycles. The first-order chi connectivity index (χ1) is 15.7. The summed E-state index contributed by atoms with van der Waals surface area (Å²) in [6.07, 6.45) is 0.828. The van der Waals surface area contributed by atoms with Crippen molar-refractivity contribution in [3.05, 3.63) is 65.0 Å². The number of rotatable bonds is 7. The van der Waals surface area contributed by atoms with Gasteiger partial charge in [0.15, 0.2) is 5.65 Å². The lowest BCUT2D eigenvalue weighted by atomic mass is 10.1. The van der Waals surface area contributed by atoms with Crippen molar-refractivity contribution < 1.29 is 13.2 Å². The van der Waals surface area contributed by atoms with Crippen LogP contribution in [0.1, 0.15) is 35.9 Å². The molecule has 9 heteroatoms. The van der Waals surface area contributed by atoms with Crippen molar-refractivity contribution in [3.8, 4) is 0 Å². The van der Waals surface area contributed by atoms with Gasteiger partial charge in [-0.15, -0.1) is 0 Å². The first-order valence-electron chi connectivity index (χ1n) is 10.8. The first kappa shape index (κ1) is 22.7. The van der Waals surface area contributed by atoms with Gasteiger partial charge in [0, 0.05) is 28.9 Å². The summed E-state index contributed by atoms with van der Waals surface area (Å²) in [6.45, 7) is 7.34. The number of nitrogens with zero attached hydrogens (tertiary/aromatic N) is 3. The minimum absolute atomic E-state index is 0.00103. The Labute approximate surface area is 193 Å². The number of aromatic nitrogens is 3. The lowest BCUT2D eigenvalue weighted by Gasteiger charge is -2.13. The van der Waals surface area contributed by atoms with Crippen LogP contribution in [0, 0.1) is 20.8 Å². The van der Waals surface area contributed by atoms with Gasteiger partial charge in [-0.3, -0.25) is 9.52 Å². The van der Waals surface area contributed by atoms with E-state index in [1.165, 1.54) is 0 Å². The Morgan fingerprint density at radius 1 is 1.09 bits per heavy atom. The van der Waals surface area contributed by atoms with E-state index in [9.17, 15) is 13.2 Å². The molecule has 0 aliphatic rings. The van der Waals surface area contributed by atoms with Gasteiger partial charge in [0.05, 0.1) is 17.0 Å². The molecule has 0 saturated carbocycles. The molecule has 0 fully saturated rings. The second kappa shape index (κ2) is 8.82. The van der Waals surface area contributed by atoms with E-state index < -0.39 is 10.0 Å². The molecule has 2 heterocycles. The molecule has 0 atom stereocenters. The second-order valence-corrected chi connectivity index (χ2v) is 10.1. The summed E-state index contributed by atoms with van der Waals surface area (Å²) < 4.78 is 28.0. The number of aryl methyl sites for hydroxylation is 3. The minimum atomic E-state index is -3.35. The average Bonchev–Trinajstić information content (AvgIpc) is 3.14. The quantitative estimate of drug-likeness (QED) is 0.427. The van der Waals surface area contributed by atoms with E-state index in [-0.39, 0.29) is 11.7 Å². The zero-order chi connectivity index (χ0) is 23.8. The van der Waals surface area contributed by atoms with Crippen molar-refractivity contribution in [1.82, 2.24) is 14.6 Å². The molecule has 2 N–H and O–H groups in total. The summed E-state index contributed by atoms with van der Waals surface area (Å²) in [5.41, 5.74) is 6.45. The van der Waals surface area contributed by atoms with Gasteiger partial charge >= 0.3 is 0 Å². The highest BCUT2D eigenvalue weighted by Crippen LogP contribution is 2.24. The van der Waals surface area contributed by atoms with E-state index in [1.54, 1.807) is 32.0 Å². The predicted octanol–water partition coefficient (Wildman–Crippen LogP) is 4.14. The number of carbonyl (C=O) groups excluding carboxylic acids is 1. The number of sulfonamides is 1. The van der Waals surface area contributed by atoms with E-state index in [0.29, 0.717) is 24.2 Å². The van der Waals surface area contributed by atoms with Crippen LogP contribution in [0.5, 0.6) is 0 Å². The lowest BCUT2D eigenvalue weighted by Crippen LogP contribution is -2.16. The van der Waals surface area contributed by atoms with Crippen molar-refractivity contribution in [2.24, 2.45) is 0 Å². The zero-order valence-corrected chi connectivity index (χ0v) is 20.0. The van der Waals surface area contributed by atoms with Gasteiger partial charge in [-0.1, -0.05) is 12.1 Å². The van der Waals surface area contributed by atoms with Crippen LogP contribution in [0.25, 0.3) is 16.6 Å². The Kier molecular flexibility index (Phi) is 6.07. The largest absolute Gasteiger partial charge is 0.326 e. The van der Waals surface area contributed by atoms with Crippen molar-refractivity contribution in [2.75, 3.05) is 15.8 Å². The van der Waals surface area contributed by atoms with Crippen molar-refractivity contribution in [2.45, 2.75) is 40.5 Å². The van der Waals surface area contributed by atoms with Gasteiger partial charge in [-0.2, -0.15) is 5.10 Å². The molecule has 0 unspecified atom stereocenters. The fourth-order valence-corrected chi connectivity index (χ4v) is 4.60. The van der Waals surface area contributed by atoms with E-state index >= 15 is 0 Å². The standard InChI is InChI=1S/C24H27N5O3S/c1-5-33(31,32)28-21-12-10-18(14-15(21)2)26-23(30)13-11-19-16(3)25-24-20-8-6-7-9-22(20)27-29(24)17(19)4/h6-10,12,14,28H,5,11,13H2,1-4H3,(H,26,30). The van der Waals surface area contributed by atoms with Gasteiger partial charge in [0.25, 0.3) is 0 Å². The normalized spacial score (nSPS) is 11.8. The Morgan fingerprint density at radius 2 is 1.85 bits per heavy atom. The van der Waals surface area contributed by atoms with Gasteiger partial charge in [0.2, 0.25) is 15.9 Å². The second-order valence-electron chi connectivity index (χ2n) is 8.10. The molecule has 2 aromatic carbocycles. The molecule has 172 valence electrons. The van der Waals surface area contributed by atoms with Crippen LogP contribution in [0.3, 0.4) is 0 Å². The summed E-state index contributed by atoms with van der Waals surface area (Å²) in [7, 11) is -3.35. The third-order valence-corrected chi connectivity index (χ3v) is 7.07. The molecule has 4 rings (SSSR count). The molecular formula is C24H27N5O3S.